The number of carbonyl (C=O) groups excluding carboxylic acids is 2. The normalized spacial score (nSPS) is 21.6. The van der Waals surface area contributed by atoms with Crippen molar-refractivity contribution in [3.8, 4) is 0 Å². The van der Waals surface area contributed by atoms with Crippen molar-refractivity contribution in [3.05, 3.63) is 42.1 Å². The van der Waals surface area contributed by atoms with Gasteiger partial charge in [-0.25, -0.2) is 0 Å². The molecule has 0 radical (unpaired) electrons. The van der Waals surface area contributed by atoms with Crippen LogP contribution in [0.4, 0.5) is 11.5 Å². The zero-order chi connectivity index (χ0) is 21.9. The van der Waals surface area contributed by atoms with Crippen molar-refractivity contribution in [3.63, 3.8) is 0 Å². The van der Waals surface area contributed by atoms with Gasteiger partial charge < -0.3 is 21.2 Å². The molecule has 1 fully saturated rings. The molecule has 160 valence electrons. The second-order valence-corrected chi connectivity index (χ2v) is 8.67. The van der Waals surface area contributed by atoms with Crippen molar-refractivity contribution >= 4 is 29.6 Å². The van der Waals surface area contributed by atoms with Crippen LogP contribution in [0, 0.1) is 17.2 Å². The Morgan fingerprint density at radius 2 is 1.97 bits per heavy atom. The number of amides is 1. The van der Waals surface area contributed by atoms with Crippen LogP contribution in [0.15, 0.2) is 36.5 Å². The Balaban J connectivity index is 1.87. The number of para-hydroxylation sites is 1. The molecule has 1 heterocycles. The summed E-state index contributed by atoms with van der Waals surface area (Å²) >= 11 is 0. The first-order chi connectivity index (χ1) is 14.2. The number of benzene rings is 1. The van der Waals surface area contributed by atoms with Gasteiger partial charge in [-0.1, -0.05) is 18.2 Å². The fourth-order valence-corrected chi connectivity index (χ4v) is 3.76. The molecule has 0 saturated heterocycles. The number of aromatic nitrogens is 2. The van der Waals surface area contributed by atoms with Crippen molar-refractivity contribution in [2.45, 2.75) is 51.7 Å². The molecule has 1 amide bonds. The number of esters is 1. The number of anilines is 2. The zero-order valence-electron chi connectivity index (χ0n) is 17.6. The van der Waals surface area contributed by atoms with Crippen LogP contribution in [-0.2, 0) is 9.53 Å². The summed E-state index contributed by atoms with van der Waals surface area (Å²) in [6.07, 6.45) is 4.81. The van der Waals surface area contributed by atoms with Crippen LogP contribution in [-0.4, -0.2) is 33.5 Å². The Kier molecular flexibility index (Phi) is 6.24. The lowest BCUT2D eigenvalue weighted by Gasteiger charge is -2.34. The minimum atomic E-state index is -0.592. The van der Waals surface area contributed by atoms with Gasteiger partial charge in [0.15, 0.2) is 5.82 Å². The van der Waals surface area contributed by atoms with Gasteiger partial charge in [-0.15, -0.1) is 0 Å². The summed E-state index contributed by atoms with van der Waals surface area (Å²) in [5, 5.41) is 15.5. The average Bonchev–Trinajstić information content (AvgIpc) is 3.11. The van der Waals surface area contributed by atoms with Crippen molar-refractivity contribution in [1.29, 1.82) is 5.41 Å². The molecule has 3 rings (SSSR count). The molecule has 4 N–H and O–H groups in total. The predicted molar refractivity (Wildman–Crippen MR) is 115 cm³/mol. The second kappa shape index (κ2) is 8.69. The summed E-state index contributed by atoms with van der Waals surface area (Å²) in [7, 11) is 0. The highest BCUT2D eigenvalue weighted by atomic mass is 16.6. The molecule has 3 atom stereocenters. The summed E-state index contributed by atoms with van der Waals surface area (Å²) in [6.45, 7) is 5.54. The molecule has 2 aromatic rings. The van der Waals surface area contributed by atoms with Gasteiger partial charge >= 0.3 is 5.97 Å². The van der Waals surface area contributed by atoms with E-state index in [9.17, 15) is 9.59 Å². The largest absolute Gasteiger partial charge is 0.460 e. The topological polar surface area (TPSA) is 123 Å². The fraction of sp³-hybridized carbons (Fsp3) is 0.455. The molecule has 30 heavy (non-hydrogen) atoms. The van der Waals surface area contributed by atoms with Crippen LogP contribution >= 0.6 is 0 Å². The van der Waals surface area contributed by atoms with Crippen molar-refractivity contribution < 1.29 is 14.3 Å². The van der Waals surface area contributed by atoms with Crippen LogP contribution in [0.3, 0.4) is 0 Å². The van der Waals surface area contributed by atoms with E-state index >= 15 is 0 Å². The zero-order valence-corrected chi connectivity index (χ0v) is 17.6. The van der Waals surface area contributed by atoms with E-state index < -0.39 is 11.5 Å². The molecule has 8 nitrogen and oxygen atoms in total. The van der Waals surface area contributed by atoms with Gasteiger partial charge in [0.2, 0.25) is 0 Å². The smallest absolute Gasteiger partial charge is 0.309 e. The number of hydrogen-bond donors (Lipinski definition) is 3. The number of nitrogens with two attached hydrogens (primary N) is 1. The minimum Gasteiger partial charge on any atom is -0.460 e. The number of ether oxygens (including phenoxy) is 1. The quantitative estimate of drug-likeness (QED) is 0.494. The first kappa shape index (κ1) is 21.5. The van der Waals surface area contributed by atoms with Crippen molar-refractivity contribution in [2.75, 3.05) is 5.32 Å². The second-order valence-electron chi connectivity index (χ2n) is 8.67. The SMILES string of the molecule is CC(C)(C)OC(=O)C1CCC(C=N)C(n2cc(C(N)=O)c(Nc3ccccc3)n2)C1. The number of nitrogens with zero attached hydrogens (tertiary/aromatic N) is 2. The Morgan fingerprint density at radius 1 is 1.27 bits per heavy atom. The van der Waals surface area contributed by atoms with Gasteiger partial charge in [-0.3, -0.25) is 14.3 Å². The van der Waals surface area contributed by atoms with E-state index in [0.29, 0.717) is 25.1 Å². The summed E-state index contributed by atoms with van der Waals surface area (Å²) < 4.78 is 7.23. The van der Waals surface area contributed by atoms with Gasteiger partial charge in [0.05, 0.1) is 12.0 Å². The molecule has 0 bridgehead atoms. The average molecular weight is 412 g/mol. The molecule has 0 aliphatic heterocycles. The van der Waals surface area contributed by atoms with Crippen LogP contribution in [0.2, 0.25) is 0 Å². The highest BCUT2D eigenvalue weighted by Gasteiger charge is 2.37. The number of hydrogen-bond acceptors (Lipinski definition) is 6. The van der Waals surface area contributed by atoms with E-state index in [1.54, 1.807) is 10.9 Å². The van der Waals surface area contributed by atoms with Crippen LogP contribution in [0.25, 0.3) is 0 Å². The van der Waals surface area contributed by atoms with E-state index in [1.807, 2.05) is 51.1 Å². The summed E-state index contributed by atoms with van der Waals surface area (Å²) in [6, 6.07) is 9.14. The van der Waals surface area contributed by atoms with E-state index in [1.165, 1.54) is 6.21 Å². The monoisotopic (exact) mass is 411 g/mol. The maximum atomic E-state index is 12.6. The Labute approximate surface area is 176 Å². The summed E-state index contributed by atoms with van der Waals surface area (Å²) in [5.74, 6) is -0.839. The lowest BCUT2D eigenvalue weighted by atomic mass is 9.78. The number of carbonyl (C=O) groups is 2. The first-order valence-corrected chi connectivity index (χ1v) is 10.1. The van der Waals surface area contributed by atoms with E-state index in [2.05, 4.69) is 10.4 Å². The van der Waals surface area contributed by atoms with Crippen LogP contribution < -0.4 is 11.1 Å². The predicted octanol–water partition coefficient (Wildman–Crippen LogP) is 3.67. The Hall–Kier alpha value is -3.16. The van der Waals surface area contributed by atoms with E-state index in [-0.39, 0.29) is 29.4 Å². The highest BCUT2D eigenvalue weighted by Crippen LogP contribution is 2.38. The third-order valence-electron chi connectivity index (χ3n) is 5.20. The summed E-state index contributed by atoms with van der Waals surface area (Å²) in [5.41, 5.74) is 6.07. The third kappa shape index (κ3) is 5.06. The van der Waals surface area contributed by atoms with Crippen LogP contribution in [0.5, 0.6) is 0 Å². The molecule has 1 saturated carbocycles. The number of nitrogens with one attached hydrogen (secondary N) is 2. The van der Waals surface area contributed by atoms with E-state index in [0.717, 1.165) is 5.69 Å². The fourth-order valence-electron chi connectivity index (χ4n) is 3.76. The molecule has 3 unspecified atom stereocenters. The molecule has 8 heteroatoms. The molecule has 1 aliphatic rings. The molecular formula is C22H29N5O3. The molecular weight excluding hydrogens is 382 g/mol. The number of primary amides is 1. The van der Waals surface area contributed by atoms with Gasteiger partial charge in [0.25, 0.3) is 5.91 Å². The van der Waals surface area contributed by atoms with Gasteiger partial charge in [-0.05, 0) is 52.2 Å². The highest BCUT2D eigenvalue weighted by molar-refractivity contribution is 5.98. The maximum absolute atomic E-state index is 12.6. The third-order valence-corrected chi connectivity index (χ3v) is 5.20. The molecule has 1 aromatic heterocycles. The molecule has 0 spiro atoms. The maximum Gasteiger partial charge on any atom is 0.309 e. The molecule has 1 aromatic carbocycles. The van der Waals surface area contributed by atoms with Crippen molar-refractivity contribution in [1.82, 2.24) is 9.78 Å². The van der Waals surface area contributed by atoms with Gasteiger partial charge in [0.1, 0.15) is 11.2 Å². The van der Waals surface area contributed by atoms with E-state index in [4.69, 9.17) is 15.9 Å². The molecule has 1 aliphatic carbocycles. The number of rotatable bonds is 6. The lowest BCUT2D eigenvalue weighted by molar-refractivity contribution is -0.161. The standard InChI is InChI=1S/C22H29N5O3/c1-22(2,3)30-21(29)14-9-10-15(12-23)18(11-14)27-13-17(19(24)28)20(26-27)25-16-7-5-4-6-8-16/h4-8,12-15,18,23H,9-11H2,1-3H3,(H2,24,28)(H,25,26). The summed E-state index contributed by atoms with van der Waals surface area (Å²) in [4.78, 5) is 24.6. The van der Waals surface area contributed by atoms with Gasteiger partial charge in [0, 0.05) is 24.0 Å². The van der Waals surface area contributed by atoms with Gasteiger partial charge in [-0.2, -0.15) is 5.10 Å². The first-order valence-electron chi connectivity index (χ1n) is 10.1. The Morgan fingerprint density at radius 3 is 2.57 bits per heavy atom. The van der Waals surface area contributed by atoms with Crippen molar-refractivity contribution in [2.24, 2.45) is 17.6 Å². The van der Waals surface area contributed by atoms with Crippen LogP contribution in [0.1, 0.15) is 56.4 Å². The Bertz CT molecular complexity index is 917. The minimum absolute atomic E-state index is 0.0890. The lowest BCUT2D eigenvalue weighted by Crippen LogP contribution is -2.35.